The lowest BCUT2D eigenvalue weighted by atomic mass is 10.0. The van der Waals surface area contributed by atoms with Crippen LogP contribution in [0.25, 0.3) is 0 Å². The van der Waals surface area contributed by atoms with Crippen molar-refractivity contribution in [2.75, 3.05) is 19.6 Å². The number of nitrogens with zero attached hydrogens (tertiary/aromatic N) is 1. The first-order chi connectivity index (χ1) is 5.22. The molecule has 0 amide bonds. The fraction of sp³-hybridized carbons (Fsp3) is 0.800. The first-order valence-corrected chi connectivity index (χ1v) is 4.45. The molecular formula is C10H17N. The van der Waals surface area contributed by atoms with Gasteiger partial charge in [-0.2, -0.15) is 0 Å². The van der Waals surface area contributed by atoms with E-state index in [1.165, 1.54) is 19.6 Å². The molecule has 1 saturated heterocycles. The Kier molecular flexibility index (Phi) is 2.96. The van der Waals surface area contributed by atoms with Crippen LogP contribution in [-0.2, 0) is 0 Å². The van der Waals surface area contributed by atoms with Gasteiger partial charge in [0.15, 0.2) is 0 Å². The Bertz CT molecular complexity index is 167. The molecule has 1 fully saturated rings. The lowest BCUT2D eigenvalue weighted by Crippen LogP contribution is -2.45. The second-order valence-electron chi connectivity index (χ2n) is 3.49. The summed E-state index contributed by atoms with van der Waals surface area (Å²) in [5.41, 5.74) is 0. The summed E-state index contributed by atoms with van der Waals surface area (Å²) in [6.45, 7) is 10.0. The minimum Gasteiger partial charge on any atom is -0.301 e. The Balaban J connectivity index is 2.19. The topological polar surface area (TPSA) is 3.24 Å². The van der Waals surface area contributed by atoms with Crippen molar-refractivity contribution < 1.29 is 0 Å². The molecule has 1 aliphatic heterocycles. The molecule has 0 unspecified atom stereocenters. The van der Waals surface area contributed by atoms with E-state index in [-0.39, 0.29) is 0 Å². The van der Waals surface area contributed by atoms with E-state index in [9.17, 15) is 0 Å². The van der Waals surface area contributed by atoms with E-state index in [0.717, 1.165) is 0 Å². The molecule has 1 nitrogen and oxygen atoms in total. The van der Waals surface area contributed by atoms with Crippen LogP contribution in [0.4, 0.5) is 0 Å². The van der Waals surface area contributed by atoms with E-state index < -0.39 is 0 Å². The second-order valence-corrected chi connectivity index (χ2v) is 3.49. The van der Waals surface area contributed by atoms with Gasteiger partial charge in [0.2, 0.25) is 0 Å². The number of hydrogen-bond donors (Lipinski definition) is 0. The molecule has 0 aromatic carbocycles. The number of hydrogen-bond acceptors (Lipinski definition) is 1. The van der Waals surface area contributed by atoms with Crippen molar-refractivity contribution in [2.45, 2.75) is 20.8 Å². The van der Waals surface area contributed by atoms with E-state index in [0.29, 0.717) is 11.8 Å². The summed E-state index contributed by atoms with van der Waals surface area (Å²) in [5, 5.41) is 0. The summed E-state index contributed by atoms with van der Waals surface area (Å²) in [6, 6.07) is 0. The van der Waals surface area contributed by atoms with Gasteiger partial charge in [0, 0.05) is 24.9 Å². The van der Waals surface area contributed by atoms with Crippen LogP contribution in [0, 0.1) is 23.7 Å². The molecule has 0 atom stereocenters. The maximum atomic E-state index is 3.29. The van der Waals surface area contributed by atoms with Gasteiger partial charge in [-0.15, -0.1) is 5.92 Å². The molecular weight excluding hydrogens is 134 g/mol. The highest BCUT2D eigenvalue weighted by molar-refractivity contribution is 5.10. The summed E-state index contributed by atoms with van der Waals surface area (Å²) in [6.07, 6.45) is 0. The fourth-order valence-electron chi connectivity index (χ4n) is 1.20. The third-order valence-corrected chi connectivity index (χ3v) is 1.98. The van der Waals surface area contributed by atoms with Gasteiger partial charge >= 0.3 is 0 Å². The van der Waals surface area contributed by atoms with E-state index in [1.807, 2.05) is 0 Å². The largest absolute Gasteiger partial charge is 0.301 e. The van der Waals surface area contributed by atoms with E-state index in [2.05, 4.69) is 37.5 Å². The summed E-state index contributed by atoms with van der Waals surface area (Å²) in [7, 11) is 0. The molecule has 1 heterocycles. The summed E-state index contributed by atoms with van der Waals surface area (Å²) in [5.74, 6) is 7.70. The average Bonchev–Trinajstić information content (AvgIpc) is 1.84. The molecule has 1 heteroatoms. The predicted octanol–water partition coefficient (Wildman–Crippen LogP) is 1.60. The van der Waals surface area contributed by atoms with Gasteiger partial charge in [-0.1, -0.05) is 26.7 Å². The van der Waals surface area contributed by atoms with Gasteiger partial charge in [0.1, 0.15) is 0 Å². The van der Waals surface area contributed by atoms with Gasteiger partial charge in [-0.25, -0.2) is 0 Å². The SMILES string of the molecule is CCN1CC(C#CC(C)C)C1. The maximum Gasteiger partial charge on any atom is 0.0457 e. The highest BCUT2D eigenvalue weighted by Crippen LogP contribution is 2.13. The Labute approximate surface area is 69.8 Å². The van der Waals surface area contributed by atoms with Crippen LogP contribution in [0.15, 0.2) is 0 Å². The zero-order valence-electron chi connectivity index (χ0n) is 7.72. The predicted molar refractivity (Wildman–Crippen MR) is 48.2 cm³/mol. The highest BCUT2D eigenvalue weighted by atomic mass is 15.2. The molecule has 0 spiro atoms. The van der Waals surface area contributed by atoms with Crippen LogP contribution in [0.5, 0.6) is 0 Å². The van der Waals surface area contributed by atoms with Crippen molar-refractivity contribution in [2.24, 2.45) is 11.8 Å². The molecule has 0 N–H and O–H groups in total. The van der Waals surface area contributed by atoms with E-state index in [4.69, 9.17) is 0 Å². The smallest absolute Gasteiger partial charge is 0.0457 e. The summed E-state index contributed by atoms with van der Waals surface area (Å²) in [4.78, 5) is 2.42. The normalized spacial score (nSPS) is 19.3. The quantitative estimate of drug-likeness (QED) is 0.514. The highest BCUT2D eigenvalue weighted by Gasteiger charge is 2.22. The van der Waals surface area contributed by atoms with Gasteiger partial charge in [-0.05, 0) is 6.54 Å². The van der Waals surface area contributed by atoms with Gasteiger partial charge in [0.05, 0.1) is 0 Å². The summed E-state index contributed by atoms with van der Waals surface area (Å²) < 4.78 is 0. The van der Waals surface area contributed by atoms with Crippen molar-refractivity contribution in [1.29, 1.82) is 0 Å². The van der Waals surface area contributed by atoms with Gasteiger partial charge in [-0.3, -0.25) is 0 Å². The summed E-state index contributed by atoms with van der Waals surface area (Å²) >= 11 is 0. The van der Waals surface area contributed by atoms with Crippen LogP contribution < -0.4 is 0 Å². The number of rotatable bonds is 1. The molecule has 1 rings (SSSR count). The molecule has 0 radical (unpaired) electrons. The zero-order valence-corrected chi connectivity index (χ0v) is 7.72. The monoisotopic (exact) mass is 151 g/mol. The molecule has 0 bridgehead atoms. The molecule has 62 valence electrons. The van der Waals surface area contributed by atoms with Gasteiger partial charge < -0.3 is 4.90 Å². The van der Waals surface area contributed by atoms with E-state index >= 15 is 0 Å². The van der Waals surface area contributed by atoms with Crippen molar-refractivity contribution in [3.8, 4) is 11.8 Å². The van der Waals surface area contributed by atoms with Crippen molar-refractivity contribution in [1.82, 2.24) is 4.90 Å². The molecule has 0 aromatic rings. The van der Waals surface area contributed by atoms with Crippen LogP contribution >= 0.6 is 0 Å². The Morgan fingerprint density at radius 2 is 2.09 bits per heavy atom. The third kappa shape index (κ3) is 2.55. The van der Waals surface area contributed by atoms with Crippen LogP contribution in [-0.4, -0.2) is 24.5 Å². The molecule has 11 heavy (non-hydrogen) atoms. The van der Waals surface area contributed by atoms with Crippen molar-refractivity contribution in [3.63, 3.8) is 0 Å². The second kappa shape index (κ2) is 3.78. The van der Waals surface area contributed by atoms with E-state index in [1.54, 1.807) is 0 Å². The lowest BCUT2D eigenvalue weighted by molar-refractivity contribution is 0.145. The Morgan fingerprint density at radius 3 is 2.55 bits per heavy atom. The minimum atomic E-state index is 0.533. The first kappa shape index (κ1) is 8.62. The first-order valence-electron chi connectivity index (χ1n) is 4.45. The molecule has 0 aliphatic carbocycles. The maximum absolute atomic E-state index is 3.29. The Hall–Kier alpha value is -0.480. The van der Waals surface area contributed by atoms with Gasteiger partial charge in [0.25, 0.3) is 0 Å². The van der Waals surface area contributed by atoms with Crippen LogP contribution in [0.2, 0.25) is 0 Å². The average molecular weight is 151 g/mol. The minimum absolute atomic E-state index is 0.533. The molecule has 0 aromatic heterocycles. The molecule has 1 aliphatic rings. The standard InChI is InChI=1S/C10H17N/c1-4-11-7-10(8-11)6-5-9(2)3/h9-10H,4,7-8H2,1-3H3. The van der Waals surface area contributed by atoms with Crippen molar-refractivity contribution in [3.05, 3.63) is 0 Å². The third-order valence-electron chi connectivity index (χ3n) is 1.98. The van der Waals surface area contributed by atoms with Crippen molar-refractivity contribution >= 4 is 0 Å². The van der Waals surface area contributed by atoms with Crippen LogP contribution in [0.3, 0.4) is 0 Å². The fourth-order valence-corrected chi connectivity index (χ4v) is 1.20. The Morgan fingerprint density at radius 1 is 1.45 bits per heavy atom. The number of likely N-dealkylation sites (tertiary alicyclic amines) is 1. The molecule has 0 saturated carbocycles. The zero-order chi connectivity index (χ0) is 8.27. The van der Waals surface area contributed by atoms with Crippen LogP contribution in [0.1, 0.15) is 20.8 Å². The lowest BCUT2D eigenvalue weighted by Gasteiger charge is -2.35.